The van der Waals surface area contributed by atoms with Crippen molar-refractivity contribution in [2.24, 2.45) is 0 Å². The van der Waals surface area contributed by atoms with Crippen LogP contribution in [0.3, 0.4) is 0 Å². The highest BCUT2D eigenvalue weighted by atomic mass is 31.2. The molecule has 0 aromatic carbocycles. The summed E-state index contributed by atoms with van der Waals surface area (Å²) in [7, 11) is -4.69. The molecule has 18 heteroatoms. The Morgan fingerprint density at radius 3 is 2.02 bits per heavy atom. The van der Waals surface area contributed by atoms with Crippen molar-refractivity contribution in [1.29, 1.82) is 0 Å². The van der Waals surface area contributed by atoms with E-state index in [0.717, 1.165) is 12.3 Å². The number of hydrogen-bond acceptors (Lipinski definition) is 10. The van der Waals surface area contributed by atoms with E-state index in [9.17, 15) is 37.6 Å². The molecule has 1 aromatic heterocycles. The van der Waals surface area contributed by atoms with Crippen molar-refractivity contribution in [3.63, 3.8) is 0 Å². The predicted octanol–water partition coefficient (Wildman–Crippen LogP) is 0.752. The monoisotopic (exact) mass is 602 g/mol. The van der Waals surface area contributed by atoms with Gasteiger partial charge in [0.05, 0.1) is 18.8 Å². The summed E-state index contributed by atoms with van der Waals surface area (Å²) in [6.45, 7) is 7.12. The normalized spacial score (nSPS) is 24.9. The van der Waals surface area contributed by atoms with Crippen LogP contribution >= 0.6 is 7.67 Å². The van der Waals surface area contributed by atoms with Gasteiger partial charge in [-0.25, -0.2) is 28.1 Å². The van der Waals surface area contributed by atoms with Crippen molar-refractivity contribution in [1.82, 2.24) is 19.7 Å². The first-order valence-corrected chi connectivity index (χ1v) is 13.9. The number of rotatable bonds is 13. The Hall–Kier alpha value is -2.56. The number of carbonyl (C=O) groups is 2. The highest BCUT2D eigenvalue weighted by Crippen LogP contribution is 2.47. The second kappa shape index (κ2) is 13.4. The van der Waals surface area contributed by atoms with E-state index < -0.39 is 92.3 Å². The number of H-pyrrole nitrogens is 1. The number of hydrogen-bond donors (Lipinski definition) is 4. The molecule has 0 spiro atoms. The summed E-state index contributed by atoms with van der Waals surface area (Å²) in [4.78, 5) is 49.9. The third-order valence-electron chi connectivity index (χ3n) is 5.50. The van der Waals surface area contributed by atoms with E-state index >= 15 is 4.39 Å². The number of aliphatic hydroxyl groups excluding tert-OH is 1. The Balaban J connectivity index is 2.39. The molecule has 1 saturated heterocycles. The number of carbonyl (C=O) groups excluding carboxylic acids is 2. The predicted molar refractivity (Wildman–Crippen MR) is 132 cm³/mol. The molecular weight excluding hydrogens is 568 g/mol. The van der Waals surface area contributed by atoms with Gasteiger partial charge in [0, 0.05) is 12.3 Å². The van der Waals surface area contributed by atoms with Gasteiger partial charge in [-0.3, -0.25) is 28.5 Å². The molecule has 0 bridgehead atoms. The minimum Gasteiger partial charge on any atom is -0.462 e. The van der Waals surface area contributed by atoms with Crippen LogP contribution in [0.5, 0.6) is 0 Å². The van der Waals surface area contributed by atoms with Crippen molar-refractivity contribution in [3.05, 3.63) is 33.1 Å². The molecule has 2 heterocycles. The molecule has 4 N–H and O–H groups in total. The van der Waals surface area contributed by atoms with Gasteiger partial charge in [0.15, 0.2) is 18.0 Å². The lowest BCUT2D eigenvalue weighted by Crippen LogP contribution is -2.52. The van der Waals surface area contributed by atoms with Crippen LogP contribution < -0.4 is 21.4 Å². The van der Waals surface area contributed by atoms with Gasteiger partial charge < -0.3 is 23.8 Å². The smallest absolute Gasteiger partial charge is 0.342 e. The molecule has 1 aliphatic rings. The molecule has 0 radical (unpaired) electrons. The number of ether oxygens (including phenoxy) is 3. The first kappa shape index (κ1) is 33.6. The summed E-state index contributed by atoms with van der Waals surface area (Å²) >= 11 is 0. The zero-order chi connectivity index (χ0) is 30.6. The quantitative estimate of drug-likeness (QED) is 0.184. The molecule has 228 valence electrons. The van der Waals surface area contributed by atoms with Gasteiger partial charge in [-0.05, 0) is 41.5 Å². The van der Waals surface area contributed by atoms with E-state index in [1.54, 1.807) is 27.7 Å². The van der Waals surface area contributed by atoms with Gasteiger partial charge in [-0.2, -0.15) is 0 Å². The van der Waals surface area contributed by atoms with E-state index in [0.29, 0.717) is 4.57 Å². The summed E-state index contributed by atoms with van der Waals surface area (Å²) in [5.41, 5.74) is -5.30. The molecule has 1 aromatic rings. The number of aromatic nitrogens is 2. The maximum atomic E-state index is 15.3. The third-order valence-corrected chi connectivity index (χ3v) is 7.45. The van der Waals surface area contributed by atoms with Gasteiger partial charge in [0.2, 0.25) is 0 Å². The first-order valence-electron chi connectivity index (χ1n) is 12.2. The van der Waals surface area contributed by atoms with Crippen LogP contribution in [0, 0.1) is 0 Å². The minimum absolute atomic E-state index is 0.493. The van der Waals surface area contributed by atoms with E-state index in [1.807, 2.05) is 4.98 Å². The number of alkyl halides is 3. The van der Waals surface area contributed by atoms with Gasteiger partial charge in [-0.15, -0.1) is 0 Å². The Morgan fingerprint density at radius 2 is 1.60 bits per heavy atom. The van der Waals surface area contributed by atoms with Crippen LogP contribution in [0.1, 0.15) is 47.8 Å². The molecule has 0 aliphatic carbocycles. The lowest BCUT2D eigenvalue weighted by Gasteiger charge is -2.33. The fourth-order valence-corrected chi connectivity index (χ4v) is 5.42. The minimum atomic E-state index is -4.69. The molecule has 2 rings (SSSR count). The fraction of sp³-hybridized carbons (Fsp3) is 0.727. The van der Waals surface area contributed by atoms with E-state index in [1.165, 1.54) is 13.8 Å². The Bertz CT molecular complexity index is 1180. The maximum Gasteiger partial charge on any atom is 0.342 e. The van der Waals surface area contributed by atoms with Crippen LogP contribution in [0.15, 0.2) is 21.9 Å². The lowest BCUT2D eigenvalue weighted by molar-refractivity contribution is -0.183. The average Bonchev–Trinajstić information content (AvgIpc) is 3.08. The highest BCUT2D eigenvalue weighted by molar-refractivity contribution is 7.54. The van der Waals surface area contributed by atoms with Crippen LogP contribution in [0.4, 0.5) is 13.2 Å². The molecule has 0 amide bonds. The van der Waals surface area contributed by atoms with Crippen molar-refractivity contribution in [2.75, 3.05) is 6.61 Å². The Labute approximate surface area is 227 Å². The number of nitrogens with one attached hydrogen (secondary N) is 3. The maximum absolute atomic E-state index is 15.3. The molecule has 0 saturated carbocycles. The van der Waals surface area contributed by atoms with Crippen molar-refractivity contribution >= 4 is 19.6 Å². The Morgan fingerprint density at radius 1 is 1.10 bits per heavy atom. The third kappa shape index (κ3) is 8.01. The van der Waals surface area contributed by atoms with Crippen LogP contribution in [0.25, 0.3) is 0 Å². The summed E-state index contributed by atoms with van der Waals surface area (Å²) in [6, 6.07) is -1.93. The van der Waals surface area contributed by atoms with Crippen LogP contribution in [0.2, 0.25) is 0 Å². The SMILES string of the molecule is CC(C)OC(=O)[C@H](C)NP(=O)(N[C@@H](C)C(=O)OC(C)C)OC[C@@]1(C(F)F)O[C@@H](n2ccc(=O)[nH]c2=O)[C@H](O)[C@H]1F. The highest BCUT2D eigenvalue weighted by Gasteiger charge is 2.62. The van der Waals surface area contributed by atoms with Gasteiger partial charge in [0.1, 0.15) is 18.2 Å². The standard InChI is InChI=1S/C22H34F3N4O10P/c1-10(2)37-18(32)12(5)27-40(35,28-13(6)19(33)38-11(3)4)36-9-22(20(24)25)16(23)15(31)17(39-22)29-8-7-14(30)26-21(29)34/h7-8,10-13,15-17,20,31H,9H2,1-6H3,(H,26,30,34)(H2,27,28,35)/t12-,13-,15+,16+,17+,22+/m0/s1. The summed E-state index contributed by atoms with van der Waals surface area (Å²) in [5.74, 6) is -1.81. The van der Waals surface area contributed by atoms with Gasteiger partial charge in [-0.1, -0.05) is 0 Å². The fourth-order valence-electron chi connectivity index (χ4n) is 3.58. The number of aliphatic hydroxyl groups is 1. The molecule has 1 aliphatic heterocycles. The second-order valence-corrected chi connectivity index (χ2v) is 11.5. The van der Waals surface area contributed by atoms with Gasteiger partial charge >= 0.3 is 25.3 Å². The topological polar surface area (TPSA) is 187 Å². The van der Waals surface area contributed by atoms with Crippen LogP contribution in [-0.4, -0.2) is 81.8 Å². The second-order valence-electron chi connectivity index (χ2n) is 9.67. The van der Waals surface area contributed by atoms with Crippen molar-refractivity contribution in [3.8, 4) is 0 Å². The van der Waals surface area contributed by atoms with Crippen molar-refractivity contribution < 1.29 is 51.2 Å². The number of nitrogens with zero attached hydrogens (tertiary/aromatic N) is 1. The first-order chi connectivity index (χ1) is 18.4. The van der Waals surface area contributed by atoms with E-state index in [-0.39, 0.29) is 0 Å². The Kier molecular flexibility index (Phi) is 11.3. The number of halogens is 3. The average molecular weight is 603 g/mol. The summed E-state index contributed by atoms with van der Waals surface area (Å²) in [5, 5.41) is 14.9. The molecule has 1 fully saturated rings. The largest absolute Gasteiger partial charge is 0.462 e. The zero-order valence-corrected chi connectivity index (χ0v) is 23.5. The molecule has 0 unspecified atom stereocenters. The number of esters is 2. The molecular formula is C22H34F3N4O10P. The van der Waals surface area contributed by atoms with E-state index in [2.05, 4.69) is 10.2 Å². The lowest BCUT2D eigenvalue weighted by atomic mass is 9.98. The molecule has 40 heavy (non-hydrogen) atoms. The van der Waals surface area contributed by atoms with E-state index in [4.69, 9.17) is 18.7 Å². The van der Waals surface area contributed by atoms with Crippen LogP contribution in [-0.2, 0) is 32.9 Å². The number of aromatic amines is 1. The molecule has 6 atom stereocenters. The van der Waals surface area contributed by atoms with Gasteiger partial charge in [0.25, 0.3) is 12.0 Å². The van der Waals surface area contributed by atoms with Crippen molar-refractivity contribution in [2.45, 2.75) is 96.4 Å². The summed E-state index contributed by atoms with van der Waals surface area (Å²) < 4.78 is 78.5. The zero-order valence-electron chi connectivity index (χ0n) is 22.6. The molecule has 14 nitrogen and oxygen atoms in total. The summed E-state index contributed by atoms with van der Waals surface area (Å²) in [6.07, 6.45) is -11.3.